The lowest BCUT2D eigenvalue weighted by atomic mass is 10.1. The van der Waals surface area contributed by atoms with Crippen LogP contribution in [0.3, 0.4) is 0 Å². The molecule has 1 unspecified atom stereocenters. The molecule has 1 atom stereocenters. The molecule has 0 amide bonds. The Balaban J connectivity index is 2.12. The second kappa shape index (κ2) is 5.73. The van der Waals surface area contributed by atoms with E-state index < -0.39 is 0 Å². The summed E-state index contributed by atoms with van der Waals surface area (Å²) in [4.78, 5) is 2.47. The van der Waals surface area contributed by atoms with Crippen LogP contribution in [0.4, 0.5) is 4.39 Å². The first-order valence-electron chi connectivity index (χ1n) is 5.98. The molecule has 0 aromatic heterocycles. The van der Waals surface area contributed by atoms with E-state index in [4.69, 9.17) is 22.7 Å². The molecule has 0 aliphatic carbocycles. The number of benzene rings is 1. The first-order chi connectivity index (χ1) is 8.56. The van der Waals surface area contributed by atoms with Gasteiger partial charge in [0.05, 0.1) is 12.7 Å². The molecule has 2 N–H and O–H groups in total. The summed E-state index contributed by atoms with van der Waals surface area (Å²) in [6.07, 6.45) is 0.195. The van der Waals surface area contributed by atoms with Crippen molar-refractivity contribution in [2.45, 2.75) is 19.6 Å². The summed E-state index contributed by atoms with van der Waals surface area (Å²) in [7, 11) is 0. The van der Waals surface area contributed by atoms with Gasteiger partial charge in [0.15, 0.2) is 0 Å². The van der Waals surface area contributed by atoms with Crippen LogP contribution in [-0.4, -0.2) is 35.7 Å². The molecule has 0 bridgehead atoms. The van der Waals surface area contributed by atoms with Gasteiger partial charge in [0.25, 0.3) is 0 Å². The quantitative estimate of drug-likeness (QED) is 0.847. The van der Waals surface area contributed by atoms with Crippen molar-refractivity contribution in [3.05, 3.63) is 35.1 Å². The molecular formula is C13H17FN2OS. The van der Waals surface area contributed by atoms with Crippen molar-refractivity contribution in [2.75, 3.05) is 19.7 Å². The monoisotopic (exact) mass is 268 g/mol. The molecule has 0 spiro atoms. The van der Waals surface area contributed by atoms with Crippen LogP contribution in [0.5, 0.6) is 0 Å². The lowest BCUT2D eigenvalue weighted by Gasteiger charge is -2.31. The normalized spacial score (nSPS) is 20.9. The van der Waals surface area contributed by atoms with E-state index in [9.17, 15) is 4.39 Å². The van der Waals surface area contributed by atoms with E-state index in [2.05, 4.69) is 4.90 Å². The van der Waals surface area contributed by atoms with Gasteiger partial charge in [-0.25, -0.2) is 4.39 Å². The van der Waals surface area contributed by atoms with Gasteiger partial charge in [-0.2, -0.15) is 0 Å². The van der Waals surface area contributed by atoms with Gasteiger partial charge < -0.3 is 10.5 Å². The summed E-state index contributed by atoms with van der Waals surface area (Å²) < 4.78 is 19.2. The average molecular weight is 268 g/mol. The molecule has 0 saturated carbocycles. The molecule has 0 radical (unpaired) electrons. The van der Waals surface area contributed by atoms with Crippen LogP contribution >= 0.6 is 12.2 Å². The highest BCUT2D eigenvalue weighted by Gasteiger charge is 2.18. The van der Waals surface area contributed by atoms with Crippen molar-refractivity contribution >= 4 is 17.2 Å². The number of nitrogens with two attached hydrogens (primary N) is 1. The SMILES string of the molecule is CC1CN(Cc2cc(C(N)=S)ccc2F)CCO1. The predicted octanol–water partition coefficient (Wildman–Crippen LogP) is 1.68. The lowest BCUT2D eigenvalue weighted by Crippen LogP contribution is -2.40. The third kappa shape index (κ3) is 3.25. The van der Waals surface area contributed by atoms with Crippen LogP contribution in [0.15, 0.2) is 18.2 Å². The van der Waals surface area contributed by atoms with Crippen LogP contribution < -0.4 is 5.73 Å². The second-order valence-corrected chi connectivity index (χ2v) is 5.03. The molecule has 1 aromatic rings. The van der Waals surface area contributed by atoms with Gasteiger partial charge in [0, 0.05) is 30.8 Å². The number of ether oxygens (including phenoxy) is 1. The van der Waals surface area contributed by atoms with Gasteiger partial charge in [-0.05, 0) is 25.1 Å². The number of rotatable bonds is 3. The zero-order chi connectivity index (χ0) is 13.1. The Bertz CT molecular complexity index is 453. The van der Waals surface area contributed by atoms with Crippen LogP contribution in [-0.2, 0) is 11.3 Å². The highest BCUT2D eigenvalue weighted by Crippen LogP contribution is 2.15. The maximum absolute atomic E-state index is 13.7. The minimum atomic E-state index is -0.214. The molecule has 98 valence electrons. The van der Waals surface area contributed by atoms with Gasteiger partial charge in [-0.3, -0.25) is 4.90 Å². The van der Waals surface area contributed by atoms with Crippen LogP contribution in [0, 0.1) is 5.82 Å². The average Bonchev–Trinajstić information content (AvgIpc) is 2.31. The minimum Gasteiger partial charge on any atom is -0.389 e. The number of halogens is 1. The number of hydrogen-bond donors (Lipinski definition) is 1. The Labute approximate surface area is 112 Å². The van der Waals surface area contributed by atoms with Gasteiger partial charge in [0.2, 0.25) is 0 Å². The highest BCUT2D eigenvalue weighted by atomic mass is 32.1. The maximum Gasteiger partial charge on any atom is 0.127 e. The standard InChI is InChI=1S/C13H17FN2OS/c1-9-7-16(4-5-17-9)8-11-6-10(13(15)18)2-3-12(11)14/h2-3,6,9H,4-5,7-8H2,1H3,(H2,15,18). The maximum atomic E-state index is 13.7. The van der Waals surface area contributed by atoms with Crippen molar-refractivity contribution in [1.29, 1.82) is 0 Å². The third-order valence-corrected chi connectivity index (χ3v) is 3.29. The summed E-state index contributed by atoms with van der Waals surface area (Å²) in [5.74, 6) is -0.214. The molecule has 3 nitrogen and oxygen atoms in total. The molecule has 1 fully saturated rings. The van der Waals surface area contributed by atoms with Crippen LogP contribution in [0.1, 0.15) is 18.1 Å². The largest absolute Gasteiger partial charge is 0.389 e. The van der Waals surface area contributed by atoms with Gasteiger partial charge in [-0.1, -0.05) is 12.2 Å². The fourth-order valence-corrected chi connectivity index (χ4v) is 2.25. The summed E-state index contributed by atoms with van der Waals surface area (Å²) >= 11 is 4.91. The van der Waals surface area contributed by atoms with Gasteiger partial charge in [-0.15, -0.1) is 0 Å². The van der Waals surface area contributed by atoms with Crippen LogP contribution in [0.2, 0.25) is 0 Å². The Morgan fingerprint density at radius 3 is 3.06 bits per heavy atom. The van der Waals surface area contributed by atoms with E-state index in [1.165, 1.54) is 6.07 Å². The number of nitrogens with zero attached hydrogens (tertiary/aromatic N) is 1. The van der Waals surface area contributed by atoms with E-state index in [0.717, 1.165) is 13.1 Å². The zero-order valence-electron chi connectivity index (χ0n) is 10.4. The van der Waals surface area contributed by atoms with E-state index >= 15 is 0 Å². The Morgan fingerprint density at radius 2 is 2.39 bits per heavy atom. The molecular weight excluding hydrogens is 251 g/mol. The Morgan fingerprint density at radius 1 is 1.61 bits per heavy atom. The molecule has 2 rings (SSSR count). The fraction of sp³-hybridized carbons (Fsp3) is 0.462. The molecule has 1 aliphatic heterocycles. The Hall–Kier alpha value is -1.04. The smallest absolute Gasteiger partial charge is 0.127 e. The number of hydrogen-bond acceptors (Lipinski definition) is 3. The van der Waals surface area contributed by atoms with Gasteiger partial charge in [0.1, 0.15) is 10.8 Å². The zero-order valence-corrected chi connectivity index (χ0v) is 11.2. The molecule has 1 aromatic carbocycles. The first kappa shape index (κ1) is 13.4. The molecule has 5 heteroatoms. The van der Waals surface area contributed by atoms with Crippen molar-refractivity contribution in [3.8, 4) is 0 Å². The van der Waals surface area contributed by atoms with E-state index in [-0.39, 0.29) is 11.9 Å². The molecule has 1 aliphatic rings. The van der Waals surface area contributed by atoms with E-state index in [1.807, 2.05) is 6.92 Å². The molecule has 1 heterocycles. The van der Waals surface area contributed by atoms with Gasteiger partial charge >= 0.3 is 0 Å². The van der Waals surface area contributed by atoms with Crippen LogP contribution in [0.25, 0.3) is 0 Å². The van der Waals surface area contributed by atoms with Crippen molar-refractivity contribution < 1.29 is 9.13 Å². The van der Waals surface area contributed by atoms with E-state index in [1.54, 1.807) is 12.1 Å². The topological polar surface area (TPSA) is 38.5 Å². The first-order valence-corrected chi connectivity index (χ1v) is 6.39. The minimum absolute atomic E-state index is 0.195. The fourth-order valence-electron chi connectivity index (χ4n) is 2.12. The molecule has 1 saturated heterocycles. The van der Waals surface area contributed by atoms with E-state index in [0.29, 0.717) is 29.3 Å². The van der Waals surface area contributed by atoms with Crippen molar-refractivity contribution in [3.63, 3.8) is 0 Å². The summed E-state index contributed by atoms with van der Waals surface area (Å²) in [5, 5.41) is 0. The lowest BCUT2D eigenvalue weighted by molar-refractivity contribution is -0.0215. The number of thiocarbonyl (C=S) groups is 1. The third-order valence-electron chi connectivity index (χ3n) is 3.05. The molecule has 18 heavy (non-hydrogen) atoms. The summed E-state index contributed by atoms with van der Waals surface area (Å²) in [5.41, 5.74) is 6.91. The number of morpholine rings is 1. The van der Waals surface area contributed by atoms with Crippen molar-refractivity contribution in [2.24, 2.45) is 5.73 Å². The summed E-state index contributed by atoms with van der Waals surface area (Å²) in [6, 6.07) is 4.77. The second-order valence-electron chi connectivity index (χ2n) is 4.59. The van der Waals surface area contributed by atoms with Crippen molar-refractivity contribution in [1.82, 2.24) is 4.90 Å². The highest BCUT2D eigenvalue weighted by molar-refractivity contribution is 7.80. The summed E-state index contributed by atoms with van der Waals surface area (Å²) in [6.45, 7) is 4.92. The Kier molecular flexibility index (Phi) is 4.27. The predicted molar refractivity (Wildman–Crippen MR) is 73.0 cm³/mol.